The van der Waals surface area contributed by atoms with Gasteiger partial charge in [0, 0.05) is 22.4 Å². The van der Waals surface area contributed by atoms with Crippen molar-refractivity contribution < 1.29 is 27.1 Å². The molecule has 1 amide bonds. The summed E-state index contributed by atoms with van der Waals surface area (Å²) < 4.78 is 57.0. The number of hydrogen-bond acceptors (Lipinski definition) is 3. The first-order valence-electron chi connectivity index (χ1n) is 8.54. The molecule has 5 nitrogen and oxygen atoms in total. The molecule has 0 aliphatic carbocycles. The minimum Gasteiger partial charge on any atom is -0.367 e. The molecule has 0 unspecified atom stereocenters. The quantitative estimate of drug-likeness (QED) is 0.316. The second-order valence-electron chi connectivity index (χ2n) is 6.11. The minimum absolute atomic E-state index is 0.200. The van der Waals surface area contributed by atoms with Crippen molar-refractivity contribution in [3.05, 3.63) is 65.5 Å². The molecule has 0 aliphatic heterocycles. The lowest BCUT2D eigenvalue weighted by Gasteiger charge is -2.11. The molecule has 0 aliphatic rings. The third kappa shape index (κ3) is 6.85. The van der Waals surface area contributed by atoms with Gasteiger partial charge >= 0.3 is 6.18 Å². The highest BCUT2D eigenvalue weighted by molar-refractivity contribution is 6.31. The van der Waals surface area contributed by atoms with Gasteiger partial charge in [-0.15, -0.1) is 5.10 Å². The van der Waals surface area contributed by atoms with E-state index in [1.807, 2.05) is 0 Å². The molecule has 0 fully saturated rings. The number of ether oxygens (including phenoxy) is 1. The Kier molecular flexibility index (Phi) is 7.96. The number of halogens is 5. The van der Waals surface area contributed by atoms with Gasteiger partial charge in [-0.05, 0) is 42.8 Å². The van der Waals surface area contributed by atoms with Crippen molar-refractivity contribution in [2.75, 3.05) is 11.9 Å². The van der Waals surface area contributed by atoms with Crippen LogP contribution in [0.3, 0.4) is 0 Å². The highest BCUT2D eigenvalue weighted by atomic mass is 35.5. The number of alkyl halides is 3. The highest BCUT2D eigenvalue weighted by Crippen LogP contribution is 2.28. The predicted molar refractivity (Wildman–Crippen MR) is 107 cm³/mol. The molecule has 1 aromatic heterocycles. The Morgan fingerprint density at radius 2 is 2.03 bits per heavy atom. The molecular formula is C20H18ClF4N3O2. The van der Waals surface area contributed by atoms with Crippen LogP contribution in [0.15, 0.2) is 54.1 Å². The zero-order valence-corrected chi connectivity index (χ0v) is 16.6. The van der Waals surface area contributed by atoms with Gasteiger partial charge in [-0.2, -0.15) is 13.2 Å². The number of anilines is 1. The first-order chi connectivity index (χ1) is 14.1. The van der Waals surface area contributed by atoms with E-state index in [1.54, 1.807) is 19.1 Å². The molecule has 30 heavy (non-hydrogen) atoms. The highest BCUT2D eigenvalue weighted by Gasteiger charge is 2.27. The largest absolute Gasteiger partial charge is 0.411 e. The monoisotopic (exact) mass is 443 g/mol. The Hall–Kier alpha value is -2.91. The van der Waals surface area contributed by atoms with Gasteiger partial charge in [-0.3, -0.25) is 4.79 Å². The van der Waals surface area contributed by atoms with Crippen LogP contribution < -0.4 is 5.32 Å². The van der Waals surface area contributed by atoms with E-state index in [0.29, 0.717) is 28.4 Å². The van der Waals surface area contributed by atoms with E-state index in [4.69, 9.17) is 11.6 Å². The fourth-order valence-electron chi connectivity index (χ4n) is 2.49. The zero-order valence-electron chi connectivity index (χ0n) is 15.8. The molecule has 1 aromatic carbocycles. The van der Waals surface area contributed by atoms with Gasteiger partial charge in [0.1, 0.15) is 12.4 Å². The van der Waals surface area contributed by atoms with Crippen molar-refractivity contribution in [1.29, 1.82) is 0 Å². The second-order valence-corrected chi connectivity index (χ2v) is 6.55. The number of allylic oxidation sites excluding steroid dienone is 5. The lowest BCUT2D eigenvalue weighted by atomic mass is 10.1. The molecule has 0 atom stereocenters. The maximum Gasteiger partial charge on any atom is 0.411 e. The Bertz CT molecular complexity index is 981. The summed E-state index contributed by atoms with van der Waals surface area (Å²) in [7, 11) is 0. The molecular weight excluding hydrogens is 426 g/mol. The molecule has 0 spiro atoms. The van der Waals surface area contributed by atoms with E-state index in [0.717, 1.165) is 6.07 Å². The van der Waals surface area contributed by atoms with E-state index in [-0.39, 0.29) is 11.4 Å². The first kappa shape index (κ1) is 23.4. The molecule has 1 heterocycles. The van der Waals surface area contributed by atoms with Crippen LogP contribution in [0.1, 0.15) is 12.5 Å². The number of benzene rings is 1. The molecule has 2 rings (SSSR count). The maximum atomic E-state index is 14.1. The van der Waals surface area contributed by atoms with Gasteiger partial charge in [0.15, 0.2) is 5.82 Å². The van der Waals surface area contributed by atoms with Gasteiger partial charge in [0.05, 0.1) is 12.3 Å². The van der Waals surface area contributed by atoms with Crippen molar-refractivity contribution in [3.8, 4) is 11.3 Å². The molecule has 2 aromatic rings. The third-order valence-electron chi connectivity index (χ3n) is 3.72. The Morgan fingerprint density at radius 3 is 2.67 bits per heavy atom. The van der Waals surface area contributed by atoms with Crippen LogP contribution >= 0.6 is 11.6 Å². The average molecular weight is 444 g/mol. The van der Waals surface area contributed by atoms with Crippen LogP contribution in [0.2, 0.25) is 0 Å². The van der Waals surface area contributed by atoms with E-state index >= 15 is 0 Å². The van der Waals surface area contributed by atoms with Gasteiger partial charge in [0.2, 0.25) is 6.41 Å². The number of aromatic nitrogens is 2. The Morgan fingerprint density at radius 1 is 1.30 bits per heavy atom. The molecule has 0 saturated carbocycles. The summed E-state index contributed by atoms with van der Waals surface area (Å²) in [5.41, 5.74) is 1.51. The molecule has 160 valence electrons. The summed E-state index contributed by atoms with van der Waals surface area (Å²) in [6, 6.07) is 5.27. The third-order valence-corrected chi connectivity index (χ3v) is 4.00. The minimum atomic E-state index is -4.48. The van der Waals surface area contributed by atoms with E-state index in [2.05, 4.69) is 21.7 Å². The van der Waals surface area contributed by atoms with Gasteiger partial charge in [-0.25, -0.2) is 9.07 Å². The standard InChI is InChI=1S/C20H18ClF4N3O2/c1-3-16(21)5-4-13(2)28-18(9-19(27-28)26-12-29)15-6-14(7-17(22)8-15)10-30-11-20(23,24)25/h3-9,12H,1,10-11H2,2H3,(H,26,27,29)/b13-4+,16-5+. The number of hydrogen-bond donors (Lipinski definition) is 1. The van der Waals surface area contributed by atoms with E-state index in [9.17, 15) is 22.4 Å². The van der Waals surface area contributed by atoms with Crippen LogP contribution in [-0.2, 0) is 16.1 Å². The van der Waals surface area contributed by atoms with Crippen LogP contribution in [0.5, 0.6) is 0 Å². The molecule has 0 radical (unpaired) electrons. The lowest BCUT2D eigenvalue weighted by molar-refractivity contribution is -0.176. The van der Waals surface area contributed by atoms with Crippen molar-refractivity contribution in [1.82, 2.24) is 9.78 Å². The number of carbonyl (C=O) groups excluding carboxylic acids is 1. The summed E-state index contributed by atoms with van der Waals surface area (Å²) in [6.07, 6.45) is 0.606. The van der Waals surface area contributed by atoms with Crippen molar-refractivity contribution in [2.45, 2.75) is 19.7 Å². The average Bonchev–Trinajstić information content (AvgIpc) is 3.08. The maximum absolute atomic E-state index is 14.1. The number of carbonyl (C=O) groups is 1. The predicted octanol–water partition coefficient (Wildman–Crippen LogP) is 5.51. The smallest absolute Gasteiger partial charge is 0.367 e. The van der Waals surface area contributed by atoms with Crippen molar-refractivity contribution >= 4 is 29.5 Å². The van der Waals surface area contributed by atoms with Crippen molar-refractivity contribution in [2.24, 2.45) is 0 Å². The summed E-state index contributed by atoms with van der Waals surface area (Å²) in [5, 5.41) is 7.03. The zero-order chi connectivity index (χ0) is 22.3. The van der Waals surface area contributed by atoms with Gasteiger partial charge in [-0.1, -0.05) is 24.3 Å². The van der Waals surface area contributed by atoms with Crippen LogP contribution in [0, 0.1) is 5.82 Å². The molecule has 0 saturated heterocycles. The Labute approximate surface area is 175 Å². The van der Waals surface area contributed by atoms with Gasteiger partial charge in [0.25, 0.3) is 0 Å². The summed E-state index contributed by atoms with van der Waals surface area (Å²) in [6.45, 7) is 3.38. The molecule has 1 N–H and O–H groups in total. The number of rotatable bonds is 9. The summed E-state index contributed by atoms with van der Waals surface area (Å²) in [5.74, 6) is -0.460. The van der Waals surface area contributed by atoms with Crippen LogP contribution in [0.25, 0.3) is 17.0 Å². The number of amides is 1. The normalized spacial score (nSPS) is 12.7. The summed E-state index contributed by atoms with van der Waals surface area (Å²) in [4.78, 5) is 10.8. The van der Waals surface area contributed by atoms with Crippen LogP contribution in [0.4, 0.5) is 23.4 Å². The first-order valence-corrected chi connectivity index (χ1v) is 8.92. The van der Waals surface area contributed by atoms with Crippen molar-refractivity contribution in [3.63, 3.8) is 0 Å². The van der Waals surface area contributed by atoms with E-state index in [1.165, 1.54) is 29.0 Å². The fraction of sp³-hybridized carbons (Fsp3) is 0.200. The van der Waals surface area contributed by atoms with Gasteiger partial charge < -0.3 is 10.1 Å². The molecule has 10 heteroatoms. The number of nitrogens with one attached hydrogen (secondary N) is 1. The molecule has 0 bridgehead atoms. The van der Waals surface area contributed by atoms with Crippen LogP contribution in [-0.4, -0.2) is 29.0 Å². The Balaban J connectivity index is 2.44. The number of nitrogens with zero attached hydrogens (tertiary/aromatic N) is 2. The SMILES string of the molecule is C=C/C(Cl)=C\C=C(/C)n1nc(NC=O)cc1-c1cc(F)cc(COCC(F)(F)F)c1. The topological polar surface area (TPSA) is 56.2 Å². The lowest BCUT2D eigenvalue weighted by Crippen LogP contribution is -2.16. The second kappa shape index (κ2) is 10.2. The summed E-state index contributed by atoms with van der Waals surface area (Å²) >= 11 is 5.90. The fourth-order valence-corrected chi connectivity index (χ4v) is 2.55. The van der Waals surface area contributed by atoms with E-state index < -0.39 is 25.2 Å².